The molecule has 0 heterocycles. The van der Waals surface area contributed by atoms with Gasteiger partial charge in [0.25, 0.3) is 5.91 Å². The van der Waals surface area contributed by atoms with Crippen molar-refractivity contribution in [2.45, 2.75) is 38.6 Å². The van der Waals surface area contributed by atoms with E-state index in [-0.39, 0.29) is 24.1 Å². The summed E-state index contributed by atoms with van der Waals surface area (Å²) in [6.07, 6.45) is 4.19. The third-order valence-corrected chi connectivity index (χ3v) is 4.62. The summed E-state index contributed by atoms with van der Waals surface area (Å²) in [6, 6.07) is 5.69. The first-order valence-electron chi connectivity index (χ1n) is 8.46. The van der Waals surface area contributed by atoms with Crippen LogP contribution in [0.1, 0.15) is 43.0 Å². The fourth-order valence-corrected chi connectivity index (χ4v) is 3.01. The number of nitrogens with zero attached hydrogens (tertiary/aromatic N) is 1. The lowest BCUT2D eigenvalue weighted by atomic mass is 9.87. The maximum atomic E-state index is 12.2. The summed E-state index contributed by atoms with van der Waals surface area (Å²) in [4.78, 5) is 36.9. The normalized spacial score (nSPS) is 19.8. The first-order chi connectivity index (χ1) is 11.9. The molecule has 1 aliphatic carbocycles. The number of nitrogens with one attached hydrogen (secondary N) is 1. The van der Waals surface area contributed by atoms with Crippen LogP contribution in [0.4, 0.5) is 10.5 Å². The molecule has 3 N–H and O–H groups in total. The van der Waals surface area contributed by atoms with Gasteiger partial charge in [-0.15, -0.1) is 0 Å². The molecule has 7 heteroatoms. The number of anilines is 1. The zero-order valence-electron chi connectivity index (χ0n) is 14.7. The second kappa shape index (κ2) is 8.50. The molecule has 7 nitrogen and oxygen atoms in total. The van der Waals surface area contributed by atoms with Gasteiger partial charge in [0.2, 0.25) is 0 Å². The number of primary amides is 1. The van der Waals surface area contributed by atoms with E-state index in [0.29, 0.717) is 11.6 Å². The molecule has 0 aromatic heterocycles. The molecule has 1 fully saturated rings. The van der Waals surface area contributed by atoms with Gasteiger partial charge in [0.05, 0.1) is 5.56 Å². The van der Waals surface area contributed by atoms with E-state index < -0.39 is 12.0 Å². The van der Waals surface area contributed by atoms with E-state index >= 15 is 0 Å². The summed E-state index contributed by atoms with van der Waals surface area (Å²) in [5.74, 6) is -0.120. The summed E-state index contributed by atoms with van der Waals surface area (Å²) in [5, 5.41) is 2.39. The van der Waals surface area contributed by atoms with E-state index in [9.17, 15) is 14.4 Å². The van der Waals surface area contributed by atoms with Gasteiger partial charge in [0, 0.05) is 18.8 Å². The number of benzene rings is 1. The zero-order valence-corrected chi connectivity index (χ0v) is 14.7. The standard InChI is InChI=1S/C18H25N3O4/c1-12-6-8-15(9-7-12)21(2)16(22)11-25-17(23)13-4-3-5-14(10-13)20-18(19)24/h3-5,10,12,15H,6-9,11H2,1-2H3,(H3,19,20,24). The summed E-state index contributed by atoms with van der Waals surface area (Å²) in [7, 11) is 1.76. The van der Waals surface area contributed by atoms with Crippen LogP contribution in [0.3, 0.4) is 0 Å². The number of urea groups is 1. The molecule has 0 spiro atoms. The second-order valence-corrected chi connectivity index (χ2v) is 6.56. The molecular weight excluding hydrogens is 322 g/mol. The average Bonchev–Trinajstić information content (AvgIpc) is 2.59. The fourth-order valence-electron chi connectivity index (χ4n) is 3.01. The van der Waals surface area contributed by atoms with Crippen molar-refractivity contribution in [1.29, 1.82) is 0 Å². The Labute approximate surface area is 147 Å². The highest BCUT2D eigenvalue weighted by molar-refractivity contribution is 5.94. The van der Waals surface area contributed by atoms with Gasteiger partial charge in [-0.25, -0.2) is 9.59 Å². The number of likely N-dealkylation sites (N-methyl/N-ethyl adjacent to an activating group) is 1. The third kappa shape index (κ3) is 5.48. The highest BCUT2D eigenvalue weighted by Crippen LogP contribution is 2.26. The first kappa shape index (κ1) is 18.8. The first-order valence-corrected chi connectivity index (χ1v) is 8.46. The van der Waals surface area contributed by atoms with Crippen molar-refractivity contribution in [1.82, 2.24) is 4.90 Å². The molecule has 25 heavy (non-hydrogen) atoms. The Morgan fingerprint density at radius 2 is 1.92 bits per heavy atom. The molecule has 0 bridgehead atoms. The minimum atomic E-state index is -0.718. The maximum absolute atomic E-state index is 12.2. The monoisotopic (exact) mass is 347 g/mol. The zero-order chi connectivity index (χ0) is 18.4. The van der Waals surface area contributed by atoms with Crippen molar-refractivity contribution >= 4 is 23.6 Å². The number of hydrogen-bond donors (Lipinski definition) is 2. The van der Waals surface area contributed by atoms with Gasteiger partial charge >= 0.3 is 12.0 Å². The second-order valence-electron chi connectivity index (χ2n) is 6.56. The molecule has 0 saturated heterocycles. The van der Waals surface area contributed by atoms with Gasteiger partial charge in [0.15, 0.2) is 6.61 Å². The minimum absolute atomic E-state index is 0.209. The van der Waals surface area contributed by atoms with Crippen molar-refractivity contribution < 1.29 is 19.1 Å². The number of rotatable bonds is 5. The summed E-state index contributed by atoms with van der Waals surface area (Å²) in [5.41, 5.74) is 5.68. The number of hydrogen-bond acceptors (Lipinski definition) is 4. The Kier molecular flexibility index (Phi) is 6.38. The smallest absolute Gasteiger partial charge is 0.338 e. The lowest BCUT2D eigenvalue weighted by molar-refractivity contribution is -0.136. The van der Waals surface area contributed by atoms with Crippen LogP contribution in [0, 0.1) is 5.92 Å². The van der Waals surface area contributed by atoms with E-state index in [2.05, 4.69) is 12.2 Å². The Bertz CT molecular complexity index is 639. The van der Waals surface area contributed by atoms with Gasteiger partial charge in [0.1, 0.15) is 0 Å². The molecule has 1 aliphatic rings. The molecule has 0 atom stereocenters. The fraction of sp³-hybridized carbons (Fsp3) is 0.500. The molecular formula is C18H25N3O4. The highest BCUT2D eigenvalue weighted by Gasteiger charge is 2.25. The van der Waals surface area contributed by atoms with Crippen LogP contribution in [-0.4, -0.2) is 42.5 Å². The number of ether oxygens (including phenoxy) is 1. The number of esters is 1. The molecule has 3 amide bonds. The minimum Gasteiger partial charge on any atom is -0.452 e. The lowest BCUT2D eigenvalue weighted by Crippen LogP contribution is -2.41. The van der Waals surface area contributed by atoms with E-state index in [1.54, 1.807) is 30.1 Å². The summed E-state index contributed by atoms with van der Waals surface area (Å²) >= 11 is 0. The van der Waals surface area contributed by atoms with Crippen LogP contribution < -0.4 is 11.1 Å². The molecule has 1 aromatic rings. The molecule has 1 saturated carbocycles. The Morgan fingerprint density at radius 1 is 1.24 bits per heavy atom. The van der Waals surface area contributed by atoms with Crippen LogP contribution in [-0.2, 0) is 9.53 Å². The van der Waals surface area contributed by atoms with Crippen molar-refractivity contribution in [3.63, 3.8) is 0 Å². The number of carbonyl (C=O) groups excluding carboxylic acids is 3. The predicted octanol–water partition coefficient (Wildman–Crippen LogP) is 2.37. The summed E-state index contributed by atoms with van der Waals surface area (Å²) in [6.45, 7) is 1.93. The van der Waals surface area contributed by atoms with E-state index in [0.717, 1.165) is 25.7 Å². The van der Waals surface area contributed by atoms with Crippen LogP contribution in [0.15, 0.2) is 24.3 Å². The molecule has 136 valence electrons. The predicted molar refractivity (Wildman–Crippen MR) is 94.1 cm³/mol. The largest absolute Gasteiger partial charge is 0.452 e. The van der Waals surface area contributed by atoms with Crippen LogP contribution >= 0.6 is 0 Å². The Balaban J connectivity index is 1.86. The van der Waals surface area contributed by atoms with Gasteiger partial charge in [-0.2, -0.15) is 0 Å². The van der Waals surface area contributed by atoms with Crippen LogP contribution in [0.2, 0.25) is 0 Å². The quantitative estimate of drug-likeness (QED) is 0.798. The van der Waals surface area contributed by atoms with Crippen molar-refractivity contribution in [3.05, 3.63) is 29.8 Å². The number of amides is 3. The Morgan fingerprint density at radius 3 is 2.56 bits per heavy atom. The van der Waals surface area contributed by atoms with Crippen LogP contribution in [0.5, 0.6) is 0 Å². The van der Waals surface area contributed by atoms with Crippen molar-refractivity contribution in [2.24, 2.45) is 11.7 Å². The van der Waals surface area contributed by atoms with Gasteiger partial charge in [-0.3, -0.25) is 4.79 Å². The average molecular weight is 347 g/mol. The highest BCUT2D eigenvalue weighted by atomic mass is 16.5. The van der Waals surface area contributed by atoms with Crippen LogP contribution in [0.25, 0.3) is 0 Å². The number of nitrogens with two attached hydrogens (primary N) is 1. The lowest BCUT2D eigenvalue weighted by Gasteiger charge is -2.33. The number of carbonyl (C=O) groups is 3. The maximum Gasteiger partial charge on any atom is 0.338 e. The van der Waals surface area contributed by atoms with E-state index in [4.69, 9.17) is 10.5 Å². The molecule has 0 radical (unpaired) electrons. The molecule has 1 aromatic carbocycles. The van der Waals surface area contributed by atoms with E-state index in [1.807, 2.05) is 0 Å². The molecule has 2 rings (SSSR count). The van der Waals surface area contributed by atoms with Gasteiger partial charge < -0.3 is 20.7 Å². The molecule has 0 unspecified atom stereocenters. The third-order valence-electron chi connectivity index (χ3n) is 4.62. The van der Waals surface area contributed by atoms with Gasteiger partial charge in [-0.1, -0.05) is 13.0 Å². The van der Waals surface area contributed by atoms with E-state index in [1.165, 1.54) is 6.07 Å². The Hall–Kier alpha value is -2.57. The topological polar surface area (TPSA) is 102 Å². The van der Waals surface area contributed by atoms with Gasteiger partial charge in [-0.05, 0) is 49.8 Å². The van der Waals surface area contributed by atoms with Crippen molar-refractivity contribution in [2.75, 3.05) is 19.0 Å². The molecule has 0 aliphatic heterocycles. The SMILES string of the molecule is CC1CCC(N(C)C(=O)COC(=O)c2cccc(NC(N)=O)c2)CC1. The van der Waals surface area contributed by atoms with Crippen molar-refractivity contribution in [3.8, 4) is 0 Å². The summed E-state index contributed by atoms with van der Waals surface area (Å²) < 4.78 is 5.11.